The van der Waals surface area contributed by atoms with Gasteiger partial charge in [-0.15, -0.1) is 0 Å². The molecule has 0 atom stereocenters. The fraction of sp³-hybridized carbons (Fsp3) is 0.231. The predicted molar refractivity (Wildman–Crippen MR) is 124 cm³/mol. The highest BCUT2D eigenvalue weighted by molar-refractivity contribution is 5.98. The highest BCUT2D eigenvalue weighted by Gasteiger charge is 2.27. The molecule has 0 amide bonds. The van der Waals surface area contributed by atoms with Gasteiger partial charge in [-0.2, -0.15) is 4.98 Å². The summed E-state index contributed by atoms with van der Waals surface area (Å²) >= 11 is 0. The fourth-order valence-electron chi connectivity index (χ4n) is 4.30. The van der Waals surface area contributed by atoms with Gasteiger partial charge in [0, 0.05) is 25.2 Å². The smallest absolute Gasteiger partial charge is 0.282 e. The van der Waals surface area contributed by atoms with Crippen molar-refractivity contribution in [2.75, 3.05) is 0 Å². The van der Waals surface area contributed by atoms with E-state index >= 15 is 0 Å². The molecule has 0 aliphatic carbocycles. The number of benzene rings is 2. The summed E-state index contributed by atoms with van der Waals surface area (Å²) in [6, 6.07) is 18.5. The van der Waals surface area contributed by atoms with Gasteiger partial charge in [0.15, 0.2) is 5.78 Å². The van der Waals surface area contributed by atoms with E-state index in [-0.39, 0.29) is 17.8 Å². The lowest BCUT2D eigenvalue weighted by molar-refractivity contribution is 0.0990. The lowest BCUT2D eigenvalue weighted by atomic mass is 9.99. The molecule has 3 heterocycles. The number of Topliss-reactive ketones (excluding diaryl/α,β-unsaturated/α-hetero) is 1. The van der Waals surface area contributed by atoms with Crippen LogP contribution in [0.25, 0.3) is 5.69 Å². The van der Waals surface area contributed by atoms with Crippen LogP contribution in [0.1, 0.15) is 40.3 Å². The molecule has 1 aliphatic rings. The zero-order valence-corrected chi connectivity index (χ0v) is 18.4. The van der Waals surface area contributed by atoms with Gasteiger partial charge < -0.3 is 4.74 Å². The van der Waals surface area contributed by atoms with Crippen molar-refractivity contribution in [3.05, 3.63) is 99.9 Å². The Morgan fingerprint density at radius 2 is 1.82 bits per heavy atom. The second-order valence-corrected chi connectivity index (χ2v) is 8.14. The summed E-state index contributed by atoms with van der Waals surface area (Å²) in [7, 11) is 0. The molecule has 33 heavy (non-hydrogen) atoms. The summed E-state index contributed by atoms with van der Waals surface area (Å²) in [5.74, 6) is 1.57. The summed E-state index contributed by atoms with van der Waals surface area (Å²) in [5, 5.41) is 0. The third kappa shape index (κ3) is 4.22. The lowest BCUT2D eigenvalue weighted by Gasteiger charge is -2.19. The summed E-state index contributed by atoms with van der Waals surface area (Å²) in [5.41, 5.74) is 2.54. The summed E-state index contributed by atoms with van der Waals surface area (Å²) in [6.45, 7) is 2.54. The van der Waals surface area contributed by atoms with E-state index in [0.717, 1.165) is 42.8 Å². The number of carbonyl (C=O) groups excluding carboxylic acids is 1. The largest absolute Gasteiger partial charge is 0.439 e. The quantitative estimate of drug-likeness (QED) is 0.418. The van der Waals surface area contributed by atoms with Crippen LogP contribution >= 0.6 is 0 Å². The van der Waals surface area contributed by atoms with Crippen molar-refractivity contribution in [1.82, 2.24) is 19.3 Å². The molecule has 0 fully saturated rings. The van der Waals surface area contributed by atoms with Crippen LogP contribution in [-0.4, -0.2) is 25.1 Å². The normalized spacial score (nSPS) is 12.9. The molecule has 0 unspecified atom stereocenters. The number of para-hydroxylation sites is 1. The Labute approximate surface area is 191 Å². The Balaban J connectivity index is 1.40. The molecule has 0 saturated heterocycles. The highest BCUT2D eigenvalue weighted by Crippen LogP contribution is 2.23. The van der Waals surface area contributed by atoms with Gasteiger partial charge in [-0.1, -0.05) is 30.3 Å². The van der Waals surface area contributed by atoms with Gasteiger partial charge in [-0.3, -0.25) is 14.3 Å². The third-order valence-corrected chi connectivity index (χ3v) is 5.82. The Bertz CT molecular complexity index is 1350. The van der Waals surface area contributed by atoms with Crippen molar-refractivity contribution >= 4 is 5.78 Å². The molecular weight excluding hydrogens is 416 g/mol. The topological polar surface area (TPSA) is 79.0 Å². The first kappa shape index (κ1) is 20.9. The number of nitrogens with zero attached hydrogens (tertiary/aromatic N) is 4. The monoisotopic (exact) mass is 440 g/mol. The molecule has 0 saturated carbocycles. The van der Waals surface area contributed by atoms with Gasteiger partial charge in [-0.05, 0) is 56.0 Å². The highest BCUT2D eigenvalue weighted by atomic mass is 16.5. The third-order valence-electron chi connectivity index (χ3n) is 5.82. The number of rotatable bonds is 6. The van der Waals surface area contributed by atoms with Crippen molar-refractivity contribution < 1.29 is 9.53 Å². The van der Waals surface area contributed by atoms with Crippen LogP contribution < -0.4 is 10.3 Å². The Hall–Kier alpha value is -4.00. The molecular formula is C26H24N4O3. The SMILES string of the molecule is Cc1nccc(Oc2ccc(CC(=O)c3c4n(n(-c5ccccc5)c3=O)CCCC4)cc2)n1. The van der Waals surface area contributed by atoms with E-state index in [1.54, 1.807) is 36.0 Å². The van der Waals surface area contributed by atoms with Gasteiger partial charge in [0.2, 0.25) is 5.88 Å². The average molecular weight is 441 g/mol. The first-order valence-electron chi connectivity index (χ1n) is 11.1. The fourth-order valence-corrected chi connectivity index (χ4v) is 4.30. The molecule has 5 rings (SSSR count). The van der Waals surface area contributed by atoms with E-state index < -0.39 is 0 Å². The van der Waals surface area contributed by atoms with E-state index in [1.165, 1.54) is 0 Å². The maximum atomic E-state index is 13.4. The minimum atomic E-state index is -0.234. The molecule has 2 aromatic carbocycles. The number of hydrogen-bond donors (Lipinski definition) is 0. The maximum Gasteiger partial charge on any atom is 0.282 e. The number of fused-ring (bicyclic) bond motifs is 1. The van der Waals surface area contributed by atoms with Crippen LogP contribution in [0.4, 0.5) is 0 Å². The molecule has 7 nitrogen and oxygen atoms in total. The summed E-state index contributed by atoms with van der Waals surface area (Å²) in [6.07, 6.45) is 4.52. The van der Waals surface area contributed by atoms with Gasteiger partial charge in [0.05, 0.1) is 11.4 Å². The van der Waals surface area contributed by atoms with Crippen molar-refractivity contribution in [1.29, 1.82) is 0 Å². The van der Waals surface area contributed by atoms with Crippen LogP contribution in [-0.2, 0) is 19.4 Å². The van der Waals surface area contributed by atoms with Crippen LogP contribution in [0, 0.1) is 6.92 Å². The van der Waals surface area contributed by atoms with Crippen LogP contribution in [0.15, 0.2) is 71.7 Å². The first-order valence-corrected chi connectivity index (χ1v) is 11.1. The van der Waals surface area contributed by atoms with E-state index in [2.05, 4.69) is 9.97 Å². The van der Waals surface area contributed by atoms with Gasteiger partial charge in [0.1, 0.15) is 17.1 Å². The molecule has 1 aliphatic heterocycles. The standard InChI is InChI=1S/C26H24N4O3/c1-18-27-15-14-24(28-18)33-21-12-10-19(11-13-21)17-23(31)25-22-9-5-6-16-29(22)30(26(25)32)20-7-3-2-4-8-20/h2-4,7-8,10-15H,5-6,9,16-17H2,1H3. The maximum absolute atomic E-state index is 13.4. The van der Waals surface area contributed by atoms with E-state index in [9.17, 15) is 9.59 Å². The number of aromatic nitrogens is 4. The number of ether oxygens (including phenoxy) is 1. The van der Waals surface area contributed by atoms with Crippen molar-refractivity contribution in [3.63, 3.8) is 0 Å². The molecule has 7 heteroatoms. The molecule has 166 valence electrons. The van der Waals surface area contributed by atoms with Crippen molar-refractivity contribution in [3.8, 4) is 17.3 Å². The zero-order valence-electron chi connectivity index (χ0n) is 18.4. The lowest BCUT2D eigenvalue weighted by Crippen LogP contribution is -2.24. The molecule has 0 radical (unpaired) electrons. The van der Waals surface area contributed by atoms with Crippen LogP contribution in [0.3, 0.4) is 0 Å². The second-order valence-electron chi connectivity index (χ2n) is 8.14. The minimum absolute atomic E-state index is 0.152. The molecule has 2 aromatic heterocycles. The Morgan fingerprint density at radius 1 is 1.03 bits per heavy atom. The number of aryl methyl sites for hydroxylation is 1. The number of hydrogen-bond acceptors (Lipinski definition) is 5. The Morgan fingerprint density at radius 3 is 2.58 bits per heavy atom. The first-order chi connectivity index (χ1) is 16.1. The van der Waals surface area contributed by atoms with Gasteiger partial charge in [0.25, 0.3) is 5.56 Å². The van der Waals surface area contributed by atoms with E-state index in [1.807, 2.05) is 47.1 Å². The van der Waals surface area contributed by atoms with Gasteiger partial charge >= 0.3 is 0 Å². The van der Waals surface area contributed by atoms with Crippen LogP contribution in [0.2, 0.25) is 0 Å². The van der Waals surface area contributed by atoms with Gasteiger partial charge in [-0.25, -0.2) is 9.67 Å². The van der Waals surface area contributed by atoms with Crippen molar-refractivity contribution in [2.24, 2.45) is 0 Å². The van der Waals surface area contributed by atoms with E-state index in [4.69, 9.17) is 4.74 Å². The molecule has 0 N–H and O–H groups in total. The minimum Gasteiger partial charge on any atom is -0.439 e. The molecule has 0 spiro atoms. The zero-order chi connectivity index (χ0) is 22.8. The predicted octanol–water partition coefficient (Wildman–Crippen LogP) is 4.29. The number of ketones is 1. The molecule has 0 bridgehead atoms. The second kappa shape index (κ2) is 8.86. The molecule has 4 aromatic rings. The summed E-state index contributed by atoms with van der Waals surface area (Å²) in [4.78, 5) is 34.9. The van der Waals surface area contributed by atoms with Crippen molar-refractivity contribution in [2.45, 2.75) is 39.2 Å². The summed E-state index contributed by atoms with van der Waals surface area (Å²) < 4.78 is 9.39. The Kier molecular flexibility index (Phi) is 5.60. The number of carbonyl (C=O) groups is 1. The van der Waals surface area contributed by atoms with Crippen LogP contribution in [0.5, 0.6) is 11.6 Å². The average Bonchev–Trinajstić information content (AvgIpc) is 3.13. The van der Waals surface area contributed by atoms with E-state index in [0.29, 0.717) is 23.0 Å².